The molecule has 0 unspecified atom stereocenters. The summed E-state index contributed by atoms with van der Waals surface area (Å²) in [6, 6.07) is 0. The highest BCUT2D eigenvalue weighted by Crippen LogP contribution is 2.26. The maximum absolute atomic E-state index is 6.47. The van der Waals surface area contributed by atoms with Crippen LogP contribution >= 0.6 is 0 Å². The molecule has 1 saturated carbocycles. The van der Waals surface area contributed by atoms with E-state index in [4.69, 9.17) is 10.5 Å². The summed E-state index contributed by atoms with van der Waals surface area (Å²) in [5.74, 6) is 0.631. The molecule has 0 bridgehead atoms. The minimum atomic E-state index is 0.0669. The van der Waals surface area contributed by atoms with Crippen LogP contribution < -0.4 is 5.73 Å². The molecular weight excluding hydrogens is 198 g/mol. The van der Waals surface area contributed by atoms with Crippen LogP contribution in [-0.2, 0) is 4.74 Å². The zero-order valence-electron chi connectivity index (χ0n) is 11.1. The fraction of sp³-hybridized carbons (Fsp3) is 1.00. The van der Waals surface area contributed by atoms with Crippen LogP contribution in [-0.4, -0.2) is 18.8 Å². The molecule has 1 aliphatic rings. The zero-order valence-corrected chi connectivity index (χ0v) is 11.1. The molecule has 0 aromatic carbocycles. The van der Waals surface area contributed by atoms with Gasteiger partial charge in [-0.05, 0) is 25.2 Å². The molecule has 96 valence electrons. The van der Waals surface area contributed by atoms with Crippen molar-refractivity contribution in [2.75, 3.05) is 13.2 Å². The molecule has 1 fully saturated rings. The minimum absolute atomic E-state index is 0.0669. The third-order valence-corrected chi connectivity index (χ3v) is 3.54. The molecule has 16 heavy (non-hydrogen) atoms. The van der Waals surface area contributed by atoms with Gasteiger partial charge in [0.05, 0.1) is 0 Å². The Morgan fingerprint density at radius 2 is 1.62 bits per heavy atom. The van der Waals surface area contributed by atoms with E-state index in [1.807, 2.05) is 0 Å². The fourth-order valence-corrected chi connectivity index (χ4v) is 2.45. The first-order valence-electron chi connectivity index (χ1n) is 6.99. The zero-order chi connectivity index (χ0) is 11.9. The lowest BCUT2D eigenvalue weighted by Gasteiger charge is -2.31. The van der Waals surface area contributed by atoms with E-state index in [2.05, 4.69) is 13.8 Å². The maximum Gasteiger partial charge on any atom is 0.0489 e. The second kappa shape index (κ2) is 7.29. The van der Waals surface area contributed by atoms with Crippen molar-refractivity contribution in [2.24, 2.45) is 11.7 Å². The quantitative estimate of drug-likeness (QED) is 0.730. The Hall–Kier alpha value is -0.0800. The summed E-state index contributed by atoms with van der Waals surface area (Å²) in [6.45, 7) is 6.09. The van der Waals surface area contributed by atoms with Crippen molar-refractivity contribution in [3.8, 4) is 0 Å². The molecule has 0 aromatic heterocycles. The van der Waals surface area contributed by atoms with E-state index in [9.17, 15) is 0 Å². The first kappa shape index (κ1) is 14.0. The molecule has 0 saturated heterocycles. The highest BCUT2D eigenvalue weighted by molar-refractivity contribution is 4.85. The molecule has 0 spiro atoms. The predicted molar refractivity (Wildman–Crippen MR) is 69.5 cm³/mol. The van der Waals surface area contributed by atoms with E-state index in [0.717, 1.165) is 19.6 Å². The molecule has 0 aliphatic heterocycles. The SMILES string of the molecule is CC(C)COCCC1(N)CCCCCCC1. The molecule has 1 rings (SSSR count). The van der Waals surface area contributed by atoms with E-state index in [0.29, 0.717) is 5.92 Å². The van der Waals surface area contributed by atoms with Crippen molar-refractivity contribution in [1.29, 1.82) is 0 Å². The van der Waals surface area contributed by atoms with Gasteiger partial charge in [-0.3, -0.25) is 0 Å². The van der Waals surface area contributed by atoms with Crippen LogP contribution in [0, 0.1) is 5.92 Å². The number of ether oxygens (including phenoxy) is 1. The first-order valence-corrected chi connectivity index (χ1v) is 6.99. The van der Waals surface area contributed by atoms with Gasteiger partial charge in [0.1, 0.15) is 0 Å². The van der Waals surface area contributed by atoms with Crippen LogP contribution in [0.15, 0.2) is 0 Å². The highest BCUT2D eigenvalue weighted by Gasteiger charge is 2.24. The van der Waals surface area contributed by atoms with Crippen molar-refractivity contribution in [3.05, 3.63) is 0 Å². The summed E-state index contributed by atoms with van der Waals surface area (Å²) in [5.41, 5.74) is 6.53. The van der Waals surface area contributed by atoms with Gasteiger partial charge in [0.2, 0.25) is 0 Å². The lowest BCUT2D eigenvalue weighted by atomic mass is 9.82. The van der Waals surface area contributed by atoms with Crippen LogP contribution in [0.3, 0.4) is 0 Å². The standard InChI is InChI=1S/C14H29NO/c1-13(2)12-16-11-10-14(15)8-6-4-3-5-7-9-14/h13H,3-12,15H2,1-2H3. The van der Waals surface area contributed by atoms with Crippen LogP contribution in [0.5, 0.6) is 0 Å². The number of nitrogens with two attached hydrogens (primary N) is 1. The molecule has 0 heterocycles. The molecule has 2 heteroatoms. The maximum atomic E-state index is 6.47. The van der Waals surface area contributed by atoms with Gasteiger partial charge in [0, 0.05) is 18.8 Å². The molecule has 1 aliphatic carbocycles. The van der Waals surface area contributed by atoms with Crippen molar-refractivity contribution in [2.45, 2.75) is 70.8 Å². The Labute approximate surface area is 101 Å². The van der Waals surface area contributed by atoms with Crippen molar-refractivity contribution in [3.63, 3.8) is 0 Å². The summed E-state index contributed by atoms with van der Waals surface area (Å²) < 4.78 is 5.66. The highest BCUT2D eigenvalue weighted by atomic mass is 16.5. The van der Waals surface area contributed by atoms with E-state index in [-0.39, 0.29) is 5.54 Å². The number of rotatable bonds is 5. The lowest BCUT2D eigenvalue weighted by Crippen LogP contribution is -2.41. The molecule has 2 N–H and O–H groups in total. The molecule has 2 nitrogen and oxygen atoms in total. The normalized spacial score (nSPS) is 21.8. The van der Waals surface area contributed by atoms with E-state index < -0.39 is 0 Å². The Kier molecular flexibility index (Phi) is 6.37. The van der Waals surface area contributed by atoms with Gasteiger partial charge in [-0.1, -0.05) is 46.0 Å². The topological polar surface area (TPSA) is 35.2 Å². The average Bonchev–Trinajstić information content (AvgIpc) is 2.19. The lowest BCUT2D eigenvalue weighted by molar-refractivity contribution is 0.0884. The van der Waals surface area contributed by atoms with Gasteiger partial charge in [-0.25, -0.2) is 0 Å². The average molecular weight is 227 g/mol. The molecule has 0 atom stereocenters. The summed E-state index contributed by atoms with van der Waals surface area (Å²) >= 11 is 0. The predicted octanol–water partition coefficient (Wildman–Crippen LogP) is 3.49. The molecule has 0 amide bonds. The largest absolute Gasteiger partial charge is 0.381 e. The van der Waals surface area contributed by atoms with Crippen LogP contribution in [0.4, 0.5) is 0 Å². The summed E-state index contributed by atoms with van der Waals surface area (Å²) in [6.07, 6.45) is 10.2. The van der Waals surface area contributed by atoms with Gasteiger partial charge < -0.3 is 10.5 Å². The smallest absolute Gasteiger partial charge is 0.0489 e. The number of hydrogen-bond acceptors (Lipinski definition) is 2. The van der Waals surface area contributed by atoms with Crippen molar-refractivity contribution < 1.29 is 4.74 Å². The van der Waals surface area contributed by atoms with Gasteiger partial charge in [-0.2, -0.15) is 0 Å². The van der Waals surface area contributed by atoms with Gasteiger partial charge >= 0.3 is 0 Å². The first-order chi connectivity index (χ1) is 7.62. The minimum Gasteiger partial charge on any atom is -0.381 e. The van der Waals surface area contributed by atoms with Crippen molar-refractivity contribution >= 4 is 0 Å². The van der Waals surface area contributed by atoms with Crippen molar-refractivity contribution in [1.82, 2.24) is 0 Å². The van der Waals surface area contributed by atoms with E-state index >= 15 is 0 Å². The van der Waals surface area contributed by atoms with Gasteiger partial charge in [0.25, 0.3) is 0 Å². The second-order valence-corrected chi connectivity index (χ2v) is 5.85. The Morgan fingerprint density at radius 1 is 1.06 bits per heavy atom. The van der Waals surface area contributed by atoms with E-state index in [1.165, 1.54) is 44.9 Å². The summed E-state index contributed by atoms with van der Waals surface area (Å²) in [5, 5.41) is 0. The fourth-order valence-electron chi connectivity index (χ4n) is 2.45. The Bertz CT molecular complexity index is 172. The number of hydrogen-bond donors (Lipinski definition) is 1. The second-order valence-electron chi connectivity index (χ2n) is 5.85. The Balaban J connectivity index is 2.20. The van der Waals surface area contributed by atoms with Crippen LogP contribution in [0.25, 0.3) is 0 Å². The summed E-state index contributed by atoms with van der Waals surface area (Å²) in [4.78, 5) is 0. The Morgan fingerprint density at radius 3 is 2.19 bits per heavy atom. The summed E-state index contributed by atoms with van der Waals surface area (Å²) in [7, 11) is 0. The molecular formula is C14H29NO. The van der Waals surface area contributed by atoms with E-state index in [1.54, 1.807) is 0 Å². The van der Waals surface area contributed by atoms with Crippen LogP contribution in [0.1, 0.15) is 65.2 Å². The van der Waals surface area contributed by atoms with Gasteiger partial charge in [0.15, 0.2) is 0 Å². The molecule has 0 aromatic rings. The third-order valence-electron chi connectivity index (χ3n) is 3.54. The monoisotopic (exact) mass is 227 g/mol. The van der Waals surface area contributed by atoms with Crippen LogP contribution in [0.2, 0.25) is 0 Å². The van der Waals surface area contributed by atoms with Gasteiger partial charge in [-0.15, -0.1) is 0 Å². The third kappa shape index (κ3) is 5.86. The molecule has 0 radical (unpaired) electrons.